The largest absolute Gasteiger partial charge is 0.496 e. The lowest BCUT2D eigenvalue weighted by atomic mass is 10.2. The predicted molar refractivity (Wildman–Crippen MR) is 80.0 cm³/mol. The number of carbonyl (C=O) groups excluding carboxylic acids is 1. The molecule has 2 rings (SSSR count). The number of thiophene rings is 1. The molecule has 5 heteroatoms. The summed E-state index contributed by atoms with van der Waals surface area (Å²) in [5.41, 5.74) is 6.60. The summed E-state index contributed by atoms with van der Waals surface area (Å²) in [4.78, 5) is 12.7. The Morgan fingerprint density at radius 2 is 2.26 bits per heavy atom. The van der Waals surface area contributed by atoms with Gasteiger partial charge < -0.3 is 15.8 Å². The molecule has 0 spiro atoms. The number of amides is 1. The van der Waals surface area contributed by atoms with Gasteiger partial charge in [-0.05, 0) is 25.5 Å². The maximum atomic E-state index is 12.2. The van der Waals surface area contributed by atoms with Crippen LogP contribution >= 0.6 is 11.3 Å². The van der Waals surface area contributed by atoms with Crippen LogP contribution in [0.15, 0.2) is 18.2 Å². The van der Waals surface area contributed by atoms with Crippen molar-refractivity contribution in [2.45, 2.75) is 26.3 Å². The van der Waals surface area contributed by atoms with Gasteiger partial charge in [-0.3, -0.25) is 4.79 Å². The highest BCUT2D eigenvalue weighted by Gasteiger charge is 2.19. The molecule has 3 N–H and O–H groups in total. The third kappa shape index (κ3) is 2.51. The van der Waals surface area contributed by atoms with Gasteiger partial charge in [0.2, 0.25) is 0 Å². The quantitative estimate of drug-likeness (QED) is 0.903. The van der Waals surface area contributed by atoms with Crippen molar-refractivity contribution in [2.24, 2.45) is 0 Å². The highest BCUT2D eigenvalue weighted by Crippen LogP contribution is 2.39. The first-order valence-electron chi connectivity index (χ1n) is 6.24. The molecule has 2 aromatic rings. The van der Waals surface area contributed by atoms with Crippen molar-refractivity contribution in [1.29, 1.82) is 0 Å². The van der Waals surface area contributed by atoms with E-state index in [4.69, 9.17) is 10.5 Å². The van der Waals surface area contributed by atoms with Crippen LogP contribution in [0.1, 0.15) is 29.9 Å². The molecule has 0 saturated heterocycles. The molecule has 0 bridgehead atoms. The average molecular weight is 278 g/mol. The average Bonchev–Trinajstić information content (AvgIpc) is 2.76. The van der Waals surface area contributed by atoms with E-state index in [9.17, 15) is 4.79 Å². The van der Waals surface area contributed by atoms with Crippen LogP contribution in [0.3, 0.4) is 0 Å². The smallest absolute Gasteiger partial charge is 0.263 e. The van der Waals surface area contributed by atoms with E-state index in [2.05, 4.69) is 5.32 Å². The summed E-state index contributed by atoms with van der Waals surface area (Å²) in [5.74, 6) is 0.587. The van der Waals surface area contributed by atoms with Crippen LogP contribution in [-0.4, -0.2) is 19.1 Å². The zero-order valence-electron chi connectivity index (χ0n) is 11.3. The van der Waals surface area contributed by atoms with E-state index >= 15 is 0 Å². The number of anilines is 1. The zero-order valence-corrected chi connectivity index (χ0v) is 12.1. The van der Waals surface area contributed by atoms with Crippen LogP contribution in [0, 0.1) is 0 Å². The Bertz CT molecular complexity index is 607. The minimum atomic E-state index is -0.116. The summed E-state index contributed by atoms with van der Waals surface area (Å²) in [6.45, 7) is 4.00. The van der Waals surface area contributed by atoms with E-state index in [1.807, 2.05) is 32.0 Å². The highest BCUT2D eigenvalue weighted by atomic mass is 32.1. The number of nitrogens with two attached hydrogens (primary N) is 1. The molecule has 0 saturated carbocycles. The summed E-state index contributed by atoms with van der Waals surface area (Å²) >= 11 is 1.40. The first-order chi connectivity index (χ1) is 9.08. The lowest BCUT2D eigenvalue weighted by molar-refractivity contribution is 0.0944. The minimum Gasteiger partial charge on any atom is -0.496 e. The molecule has 0 aliphatic rings. The molecule has 1 amide bonds. The van der Waals surface area contributed by atoms with Gasteiger partial charge in [-0.2, -0.15) is 0 Å². The number of fused-ring (bicyclic) bond motifs is 1. The molecular weight excluding hydrogens is 260 g/mol. The van der Waals surface area contributed by atoms with Crippen LogP contribution in [0.4, 0.5) is 5.69 Å². The third-order valence-corrected chi connectivity index (χ3v) is 4.30. The molecule has 1 aromatic carbocycles. The summed E-state index contributed by atoms with van der Waals surface area (Å²) in [5, 5.41) is 3.76. The van der Waals surface area contributed by atoms with Crippen molar-refractivity contribution >= 4 is 33.0 Å². The minimum absolute atomic E-state index is 0.116. The second kappa shape index (κ2) is 5.48. The molecule has 19 heavy (non-hydrogen) atoms. The molecule has 102 valence electrons. The summed E-state index contributed by atoms with van der Waals surface area (Å²) in [6.07, 6.45) is 0.889. The summed E-state index contributed by atoms with van der Waals surface area (Å²) < 4.78 is 6.26. The van der Waals surface area contributed by atoms with Crippen LogP contribution in [-0.2, 0) is 0 Å². The van der Waals surface area contributed by atoms with Crippen LogP contribution in [0.2, 0.25) is 0 Å². The van der Waals surface area contributed by atoms with Crippen molar-refractivity contribution in [3.63, 3.8) is 0 Å². The molecule has 1 aromatic heterocycles. The van der Waals surface area contributed by atoms with E-state index in [1.54, 1.807) is 7.11 Å². The van der Waals surface area contributed by atoms with Crippen molar-refractivity contribution in [2.75, 3.05) is 12.8 Å². The predicted octanol–water partition coefficient (Wildman–Crippen LogP) is 3.02. The van der Waals surface area contributed by atoms with Gasteiger partial charge >= 0.3 is 0 Å². The molecule has 1 heterocycles. The maximum absolute atomic E-state index is 12.2. The van der Waals surface area contributed by atoms with Gasteiger partial charge in [0, 0.05) is 10.7 Å². The highest BCUT2D eigenvalue weighted by molar-refractivity contribution is 7.21. The first kappa shape index (κ1) is 13.7. The van der Waals surface area contributed by atoms with E-state index in [1.165, 1.54) is 11.3 Å². The first-order valence-corrected chi connectivity index (χ1v) is 7.06. The van der Waals surface area contributed by atoms with Gasteiger partial charge in [0.15, 0.2) is 0 Å². The van der Waals surface area contributed by atoms with Crippen LogP contribution in [0.5, 0.6) is 5.75 Å². The fourth-order valence-corrected chi connectivity index (χ4v) is 2.91. The number of nitrogen functional groups attached to an aromatic ring is 1. The Morgan fingerprint density at radius 1 is 1.53 bits per heavy atom. The number of methoxy groups -OCH3 is 1. The number of ether oxygens (including phenoxy) is 1. The van der Waals surface area contributed by atoms with Crippen molar-refractivity contribution < 1.29 is 9.53 Å². The van der Waals surface area contributed by atoms with Gasteiger partial charge in [0.25, 0.3) is 5.91 Å². The number of nitrogens with one attached hydrogen (secondary N) is 1. The molecule has 4 nitrogen and oxygen atoms in total. The molecule has 0 aliphatic heterocycles. The van der Waals surface area contributed by atoms with E-state index in [-0.39, 0.29) is 11.9 Å². The number of carbonyl (C=O) groups is 1. The Balaban J connectivity index is 2.45. The van der Waals surface area contributed by atoms with E-state index in [0.29, 0.717) is 16.3 Å². The second-order valence-corrected chi connectivity index (χ2v) is 5.51. The monoisotopic (exact) mass is 278 g/mol. The number of rotatable bonds is 4. The lowest BCUT2D eigenvalue weighted by Gasteiger charge is -2.10. The summed E-state index contributed by atoms with van der Waals surface area (Å²) in [7, 11) is 1.60. The molecule has 0 aliphatic carbocycles. The zero-order chi connectivity index (χ0) is 14.0. The van der Waals surface area contributed by atoms with Gasteiger partial charge in [0.05, 0.1) is 18.2 Å². The number of hydrogen-bond acceptors (Lipinski definition) is 4. The lowest BCUT2D eigenvalue weighted by Crippen LogP contribution is -2.31. The Labute approximate surface area is 116 Å². The third-order valence-electron chi connectivity index (χ3n) is 3.13. The van der Waals surface area contributed by atoms with Crippen molar-refractivity contribution in [1.82, 2.24) is 5.32 Å². The molecule has 1 unspecified atom stereocenters. The van der Waals surface area contributed by atoms with E-state index in [0.717, 1.165) is 16.5 Å². The van der Waals surface area contributed by atoms with Gasteiger partial charge in [-0.25, -0.2) is 0 Å². The van der Waals surface area contributed by atoms with Crippen molar-refractivity contribution in [3.8, 4) is 5.75 Å². The molecular formula is C14H18N2O2S. The van der Waals surface area contributed by atoms with Crippen LogP contribution in [0.25, 0.3) is 10.1 Å². The fraction of sp³-hybridized carbons (Fsp3) is 0.357. The fourth-order valence-electron chi connectivity index (χ4n) is 1.87. The van der Waals surface area contributed by atoms with Gasteiger partial charge in [0.1, 0.15) is 10.6 Å². The topological polar surface area (TPSA) is 64.3 Å². The molecule has 0 fully saturated rings. The Hall–Kier alpha value is -1.75. The normalized spacial score (nSPS) is 12.4. The standard InChI is InChI=1S/C14H18N2O2S/c1-4-8(2)16-14(17)13-12(15)11-9(18-3)6-5-7-10(11)19-13/h5-8H,4,15H2,1-3H3,(H,16,17). The van der Waals surface area contributed by atoms with Crippen LogP contribution < -0.4 is 15.8 Å². The maximum Gasteiger partial charge on any atom is 0.263 e. The van der Waals surface area contributed by atoms with Crippen molar-refractivity contribution in [3.05, 3.63) is 23.1 Å². The second-order valence-electron chi connectivity index (χ2n) is 4.46. The van der Waals surface area contributed by atoms with Gasteiger partial charge in [-0.1, -0.05) is 13.0 Å². The Kier molecular flexibility index (Phi) is 3.95. The van der Waals surface area contributed by atoms with Gasteiger partial charge in [-0.15, -0.1) is 11.3 Å². The number of hydrogen-bond donors (Lipinski definition) is 2. The van der Waals surface area contributed by atoms with E-state index < -0.39 is 0 Å². The SMILES string of the molecule is CCC(C)NC(=O)c1sc2cccc(OC)c2c1N. The summed E-state index contributed by atoms with van der Waals surface area (Å²) in [6, 6.07) is 5.83. The Morgan fingerprint density at radius 3 is 2.89 bits per heavy atom. The molecule has 0 radical (unpaired) electrons. The molecule has 1 atom stereocenters. The number of benzene rings is 1.